The molecular weight excluding hydrogens is 361 g/mol. The van der Waals surface area contributed by atoms with E-state index in [9.17, 15) is 23.1 Å². The third-order valence-corrected chi connectivity index (χ3v) is 4.74. The highest BCUT2D eigenvalue weighted by molar-refractivity contribution is 5.88. The average molecular weight is 382 g/mol. The summed E-state index contributed by atoms with van der Waals surface area (Å²) in [4.78, 5) is 12.0. The lowest BCUT2D eigenvalue weighted by Crippen LogP contribution is -2.39. The number of alkyl halides is 3. The molecule has 6 nitrogen and oxygen atoms in total. The first kappa shape index (κ1) is 19.2. The Morgan fingerprint density at radius 1 is 1.33 bits per heavy atom. The zero-order chi connectivity index (χ0) is 19.8. The lowest BCUT2D eigenvalue weighted by Gasteiger charge is -2.27. The fraction of sp³-hybridized carbons (Fsp3) is 0.444. The molecule has 1 saturated carbocycles. The summed E-state index contributed by atoms with van der Waals surface area (Å²) in [6, 6.07) is 6.61. The molecule has 2 atom stereocenters. The van der Waals surface area contributed by atoms with E-state index in [0.717, 1.165) is 12.8 Å². The molecule has 0 aliphatic heterocycles. The summed E-state index contributed by atoms with van der Waals surface area (Å²) in [5.41, 5.74) is -2.94. The number of carbonyl (C=O) groups is 1. The first-order chi connectivity index (χ1) is 12.6. The fourth-order valence-electron chi connectivity index (χ4n) is 2.72. The van der Waals surface area contributed by atoms with Gasteiger partial charge in [-0.2, -0.15) is 13.2 Å². The second kappa shape index (κ2) is 6.88. The summed E-state index contributed by atoms with van der Waals surface area (Å²) < 4.78 is 40.4. The molecule has 1 aromatic carbocycles. The van der Waals surface area contributed by atoms with Gasteiger partial charge in [0.25, 0.3) is 0 Å². The first-order valence-electron chi connectivity index (χ1n) is 8.61. The summed E-state index contributed by atoms with van der Waals surface area (Å²) >= 11 is 0. The Balaban J connectivity index is 1.72. The summed E-state index contributed by atoms with van der Waals surface area (Å²) in [6.45, 7) is 2.64. The van der Waals surface area contributed by atoms with E-state index in [1.807, 2.05) is 6.92 Å². The van der Waals surface area contributed by atoms with E-state index in [1.54, 1.807) is 6.07 Å². The Morgan fingerprint density at radius 2 is 2.04 bits per heavy atom. The molecule has 1 fully saturated rings. The number of nitrogens with one attached hydrogen (secondary N) is 2. The number of aliphatic hydroxyl groups is 1. The summed E-state index contributed by atoms with van der Waals surface area (Å²) in [6.07, 6.45) is -1.08. The number of amides is 2. The zero-order valence-electron chi connectivity index (χ0n) is 14.9. The highest BCUT2D eigenvalue weighted by Gasteiger charge is 2.51. The van der Waals surface area contributed by atoms with Crippen molar-refractivity contribution in [1.29, 1.82) is 0 Å². The van der Waals surface area contributed by atoms with E-state index in [1.165, 1.54) is 35.1 Å². The second-order valence-electron chi connectivity index (χ2n) is 6.99. The van der Waals surface area contributed by atoms with Gasteiger partial charge in [-0.15, -0.1) is 5.10 Å². The van der Waals surface area contributed by atoms with Crippen LogP contribution in [0.2, 0.25) is 0 Å². The van der Waals surface area contributed by atoms with Crippen molar-refractivity contribution in [3.8, 4) is 5.69 Å². The molecule has 3 N–H and O–H groups in total. The molecule has 2 aromatic rings. The van der Waals surface area contributed by atoms with Crippen LogP contribution in [0.4, 0.5) is 23.8 Å². The highest BCUT2D eigenvalue weighted by Crippen LogP contribution is 2.38. The second-order valence-corrected chi connectivity index (χ2v) is 6.99. The van der Waals surface area contributed by atoms with Gasteiger partial charge < -0.3 is 10.4 Å². The first-order valence-corrected chi connectivity index (χ1v) is 8.61. The van der Waals surface area contributed by atoms with Crippen LogP contribution in [0.3, 0.4) is 0 Å². The van der Waals surface area contributed by atoms with E-state index < -0.39 is 11.8 Å². The van der Waals surface area contributed by atoms with Crippen molar-refractivity contribution < 1.29 is 23.1 Å². The Bertz CT molecular complexity index is 828. The van der Waals surface area contributed by atoms with Crippen LogP contribution in [0.5, 0.6) is 0 Å². The maximum atomic E-state index is 13.0. The SMILES string of the molecule is C[C@H](NC(=O)Nc1ccn(-c2cccc(C(C)(O)C(F)(F)F)c2)n1)C1CC1. The van der Waals surface area contributed by atoms with Crippen molar-refractivity contribution >= 4 is 11.8 Å². The largest absolute Gasteiger partial charge is 0.421 e. The maximum Gasteiger partial charge on any atom is 0.421 e. The molecular formula is C18H21F3N4O2. The third kappa shape index (κ3) is 4.24. The van der Waals surface area contributed by atoms with Crippen molar-refractivity contribution in [2.75, 3.05) is 5.32 Å². The molecule has 1 aliphatic carbocycles. The lowest BCUT2D eigenvalue weighted by atomic mass is 9.95. The van der Waals surface area contributed by atoms with Crippen LogP contribution in [-0.4, -0.2) is 33.1 Å². The van der Waals surface area contributed by atoms with Gasteiger partial charge in [0.15, 0.2) is 11.4 Å². The minimum Gasteiger partial charge on any atom is -0.376 e. The Hall–Kier alpha value is -2.55. The summed E-state index contributed by atoms with van der Waals surface area (Å²) in [5, 5.41) is 19.4. The summed E-state index contributed by atoms with van der Waals surface area (Å²) in [5.74, 6) is 0.779. The number of halogens is 3. The van der Waals surface area contributed by atoms with Crippen LogP contribution in [0.15, 0.2) is 36.5 Å². The van der Waals surface area contributed by atoms with E-state index in [4.69, 9.17) is 0 Å². The molecule has 0 saturated heterocycles. The third-order valence-electron chi connectivity index (χ3n) is 4.74. The molecule has 1 unspecified atom stereocenters. The van der Waals surface area contributed by atoms with Gasteiger partial charge >= 0.3 is 12.2 Å². The zero-order valence-corrected chi connectivity index (χ0v) is 14.9. The Morgan fingerprint density at radius 3 is 2.67 bits per heavy atom. The van der Waals surface area contributed by atoms with E-state index >= 15 is 0 Å². The number of rotatable bonds is 5. The number of hydrogen-bond donors (Lipinski definition) is 3. The molecule has 9 heteroatoms. The summed E-state index contributed by atoms with van der Waals surface area (Å²) in [7, 11) is 0. The molecule has 2 amide bonds. The number of carbonyl (C=O) groups excluding carboxylic acids is 1. The molecule has 3 rings (SSSR count). The monoisotopic (exact) mass is 382 g/mol. The van der Waals surface area contributed by atoms with E-state index in [0.29, 0.717) is 18.5 Å². The molecule has 1 aromatic heterocycles. The smallest absolute Gasteiger partial charge is 0.376 e. The number of nitrogens with zero attached hydrogens (tertiary/aromatic N) is 2. The molecule has 146 valence electrons. The molecule has 0 radical (unpaired) electrons. The number of benzene rings is 1. The standard InChI is InChI=1S/C18H21F3N4O2/c1-11(12-6-7-12)22-16(26)23-15-8-9-25(24-15)14-5-3-4-13(10-14)17(2,27)18(19,20)21/h3-5,8-12,27H,6-7H2,1-2H3,(H2,22,23,24,26)/t11-,17?/m0/s1. The topological polar surface area (TPSA) is 79.2 Å². The van der Waals surface area contributed by atoms with Gasteiger partial charge in [-0.05, 0) is 50.3 Å². The van der Waals surface area contributed by atoms with E-state index in [2.05, 4.69) is 15.7 Å². The van der Waals surface area contributed by atoms with Gasteiger partial charge in [0, 0.05) is 18.3 Å². The van der Waals surface area contributed by atoms with Crippen molar-refractivity contribution in [2.45, 2.75) is 44.5 Å². The molecule has 0 bridgehead atoms. The van der Waals surface area contributed by atoms with Crippen LogP contribution in [0.25, 0.3) is 5.69 Å². The van der Waals surface area contributed by atoms with Crippen molar-refractivity contribution in [1.82, 2.24) is 15.1 Å². The van der Waals surface area contributed by atoms with Crippen LogP contribution < -0.4 is 10.6 Å². The fourth-order valence-corrected chi connectivity index (χ4v) is 2.72. The van der Waals surface area contributed by atoms with Gasteiger partial charge in [-0.1, -0.05) is 12.1 Å². The van der Waals surface area contributed by atoms with Crippen molar-refractivity contribution in [3.63, 3.8) is 0 Å². The Kier molecular flexibility index (Phi) is 4.90. The van der Waals surface area contributed by atoms with Gasteiger partial charge in [-0.25, -0.2) is 9.48 Å². The predicted molar refractivity (Wildman–Crippen MR) is 93.5 cm³/mol. The van der Waals surface area contributed by atoms with Gasteiger partial charge in [-0.3, -0.25) is 5.32 Å². The molecule has 1 aliphatic rings. The number of anilines is 1. The molecule has 0 spiro atoms. The molecule has 1 heterocycles. The minimum atomic E-state index is -4.81. The van der Waals surface area contributed by atoms with Crippen molar-refractivity contribution in [3.05, 3.63) is 42.1 Å². The van der Waals surface area contributed by atoms with Gasteiger partial charge in [0.2, 0.25) is 0 Å². The van der Waals surface area contributed by atoms with Crippen LogP contribution in [-0.2, 0) is 5.60 Å². The minimum absolute atomic E-state index is 0.0772. The normalized spacial score (nSPS) is 17.9. The van der Waals surface area contributed by atoms with Crippen LogP contribution in [0.1, 0.15) is 32.3 Å². The number of hydrogen-bond acceptors (Lipinski definition) is 3. The van der Waals surface area contributed by atoms with Crippen LogP contribution in [0, 0.1) is 5.92 Å². The number of aromatic nitrogens is 2. The molecule has 27 heavy (non-hydrogen) atoms. The Labute approximate surface area is 154 Å². The maximum absolute atomic E-state index is 13.0. The van der Waals surface area contributed by atoms with E-state index in [-0.39, 0.29) is 23.5 Å². The quantitative estimate of drug-likeness (QED) is 0.740. The van der Waals surface area contributed by atoms with Gasteiger partial charge in [0.1, 0.15) is 0 Å². The van der Waals surface area contributed by atoms with Crippen molar-refractivity contribution in [2.24, 2.45) is 5.92 Å². The average Bonchev–Trinajstić information content (AvgIpc) is 3.34. The highest BCUT2D eigenvalue weighted by atomic mass is 19.4. The lowest BCUT2D eigenvalue weighted by molar-refractivity contribution is -0.258. The number of urea groups is 1. The van der Waals surface area contributed by atoms with Gasteiger partial charge in [0.05, 0.1) is 5.69 Å². The predicted octanol–water partition coefficient (Wildman–Crippen LogP) is 3.56. The van der Waals surface area contributed by atoms with Crippen LogP contribution >= 0.6 is 0 Å².